The van der Waals surface area contributed by atoms with E-state index in [0.29, 0.717) is 24.3 Å². The van der Waals surface area contributed by atoms with Gasteiger partial charge in [0.15, 0.2) is 0 Å². The molecule has 2 aliphatic heterocycles. The van der Waals surface area contributed by atoms with Gasteiger partial charge in [0, 0.05) is 37.8 Å². The first-order chi connectivity index (χ1) is 13.2. The number of aromatic nitrogens is 2. The van der Waals surface area contributed by atoms with E-state index in [2.05, 4.69) is 44.0 Å². The van der Waals surface area contributed by atoms with Crippen molar-refractivity contribution in [3.05, 3.63) is 54.0 Å². The number of benzene rings is 1. The molecule has 0 bridgehead atoms. The number of fused-ring (bicyclic) bond motifs is 1. The Hall–Kier alpha value is -2.43. The summed E-state index contributed by atoms with van der Waals surface area (Å²) in [5.41, 5.74) is 2.30. The number of nitrogens with zero attached hydrogens (tertiary/aromatic N) is 4. The Kier molecular flexibility index (Phi) is 5.37. The van der Waals surface area contributed by atoms with E-state index in [1.165, 1.54) is 5.56 Å². The standard InChI is InChI=1S/C22H28N4O/c1-17-14-21(24-16-23-17)25-12-10-19-11-13-26(20(19)15-25)22(27)9-5-8-18-6-3-2-4-7-18/h2-4,6-7,14,16,19-20H,5,8-13,15H2,1H3. The van der Waals surface area contributed by atoms with E-state index in [1.807, 2.05) is 19.1 Å². The molecule has 0 radical (unpaired) electrons. The van der Waals surface area contributed by atoms with Crippen LogP contribution in [0.5, 0.6) is 0 Å². The third kappa shape index (κ3) is 4.12. The van der Waals surface area contributed by atoms with Crippen LogP contribution in [0, 0.1) is 12.8 Å². The van der Waals surface area contributed by atoms with Crippen molar-refractivity contribution >= 4 is 11.7 Å². The van der Waals surface area contributed by atoms with Gasteiger partial charge in [0.25, 0.3) is 0 Å². The SMILES string of the molecule is Cc1cc(N2CCC3CCN(C(=O)CCCc4ccccc4)C3C2)ncn1. The molecule has 1 aromatic heterocycles. The summed E-state index contributed by atoms with van der Waals surface area (Å²) >= 11 is 0. The van der Waals surface area contributed by atoms with Gasteiger partial charge in [0.2, 0.25) is 5.91 Å². The minimum Gasteiger partial charge on any atom is -0.354 e. The number of hydrogen-bond acceptors (Lipinski definition) is 4. The molecule has 2 aliphatic rings. The molecule has 1 amide bonds. The molecule has 3 heterocycles. The molecular weight excluding hydrogens is 336 g/mol. The fourth-order valence-corrected chi connectivity index (χ4v) is 4.50. The summed E-state index contributed by atoms with van der Waals surface area (Å²) in [6.45, 7) is 4.82. The molecule has 142 valence electrons. The van der Waals surface area contributed by atoms with Gasteiger partial charge < -0.3 is 9.80 Å². The normalized spacial score (nSPS) is 22.0. The lowest BCUT2D eigenvalue weighted by Crippen LogP contribution is -2.50. The largest absolute Gasteiger partial charge is 0.354 e. The van der Waals surface area contributed by atoms with Crippen LogP contribution in [0.1, 0.15) is 36.9 Å². The predicted octanol–water partition coefficient (Wildman–Crippen LogP) is 3.24. The quantitative estimate of drug-likeness (QED) is 0.817. The van der Waals surface area contributed by atoms with Crippen LogP contribution in [0.15, 0.2) is 42.7 Å². The zero-order valence-corrected chi connectivity index (χ0v) is 16.1. The first-order valence-electron chi connectivity index (χ1n) is 10.1. The number of rotatable bonds is 5. The number of carbonyl (C=O) groups is 1. The fraction of sp³-hybridized carbons (Fsp3) is 0.500. The highest BCUT2D eigenvalue weighted by Crippen LogP contribution is 2.33. The molecule has 0 spiro atoms. The van der Waals surface area contributed by atoms with Crippen LogP contribution in [0.25, 0.3) is 0 Å². The molecule has 2 unspecified atom stereocenters. The van der Waals surface area contributed by atoms with Gasteiger partial charge in [-0.25, -0.2) is 9.97 Å². The molecule has 27 heavy (non-hydrogen) atoms. The number of hydrogen-bond donors (Lipinski definition) is 0. The predicted molar refractivity (Wildman–Crippen MR) is 107 cm³/mol. The second kappa shape index (κ2) is 8.07. The van der Waals surface area contributed by atoms with Crippen LogP contribution in [-0.4, -0.2) is 46.5 Å². The van der Waals surface area contributed by atoms with E-state index < -0.39 is 0 Å². The van der Waals surface area contributed by atoms with Crippen molar-refractivity contribution in [3.8, 4) is 0 Å². The molecule has 0 N–H and O–H groups in total. The van der Waals surface area contributed by atoms with Crippen molar-refractivity contribution in [3.63, 3.8) is 0 Å². The van der Waals surface area contributed by atoms with Gasteiger partial charge in [0.1, 0.15) is 12.1 Å². The highest BCUT2D eigenvalue weighted by Gasteiger charge is 2.40. The Balaban J connectivity index is 1.35. The van der Waals surface area contributed by atoms with Crippen molar-refractivity contribution in [2.75, 3.05) is 24.5 Å². The van der Waals surface area contributed by atoms with Crippen molar-refractivity contribution in [1.82, 2.24) is 14.9 Å². The second-order valence-corrected chi connectivity index (χ2v) is 7.79. The van der Waals surface area contributed by atoms with Gasteiger partial charge in [-0.15, -0.1) is 0 Å². The Morgan fingerprint density at radius 2 is 1.96 bits per heavy atom. The molecule has 2 saturated heterocycles. The summed E-state index contributed by atoms with van der Waals surface area (Å²) in [6, 6.07) is 12.8. The zero-order valence-electron chi connectivity index (χ0n) is 16.1. The molecule has 2 aromatic rings. The molecule has 0 aliphatic carbocycles. The van der Waals surface area contributed by atoms with E-state index in [1.54, 1.807) is 6.33 Å². The van der Waals surface area contributed by atoms with Gasteiger partial charge in [-0.2, -0.15) is 0 Å². The molecule has 2 fully saturated rings. The van der Waals surface area contributed by atoms with Gasteiger partial charge in [-0.1, -0.05) is 30.3 Å². The molecule has 1 aromatic carbocycles. The molecular formula is C22H28N4O. The Morgan fingerprint density at radius 1 is 1.15 bits per heavy atom. The third-order valence-electron chi connectivity index (χ3n) is 6.00. The lowest BCUT2D eigenvalue weighted by Gasteiger charge is -2.39. The fourth-order valence-electron chi connectivity index (χ4n) is 4.50. The summed E-state index contributed by atoms with van der Waals surface area (Å²) < 4.78 is 0. The van der Waals surface area contributed by atoms with Gasteiger partial charge in [0.05, 0.1) is 6.04 Å². The van der Waals surface area contributed by atoms with Crippen molar-refractivity contribution < 1.29 is 4.79 Å². The van der Waals surface area contributed by atoms with Crippen molar-refractivity contribution in [1.29, 1.82) is 0 Å². The molecule has 4 rings (SSSR count). The van der Waals surface area contributed by atoms with Crippen LogP contribution < -0.4 is 4.90 Å². The minimum absolute atomic E-state index is 0.319. The highest BCUT2D eigenvalue weighted by molar-refractivity contribution is 5.77. The highest BCUT2D eigenvalue weighted by atomic mass is 16.2. The maximum Gasteiger partial charge on any atom is 0.222 e. The summed E-state index contributed by atoms with van der Waals surface area (Å²) in [4.78, 5) is 26.0. The van der Waals surface area contributed by atoms with E-state index in [0.717, 1.165) is 56.8 Å². The van der Waals surface area contributed by atoms with E-state index >= 15 is 0 Å². The summed E-state index contributed by atoms with van der Waals surface area (Å²) in [5.74, 6) is 1.95. The van der Waals surface area contributed by atoms with Gasteiger partial charge >= 0.3 is 0 Å². The molecule has 5 heteroatoms. The Labute approximate surface area is 161 Å². The Bertz CT molecular complexity index is 779. The van der Waals surface area contributed by atoms with Crippen LogP contribution >= 0.6 is 0 Å². The molecule has 0 saturated carbocycles. The smallest absolute Gasteiger partial charge is 0.222 e. The van der Waals surface area contributed by atoms with Crippen LogP contribution in [0.2, 0.25) is 0 Å². The summed E-state index contributed by atoms with van der Waals surface area (Å²) in [5, 5.41) is 0. The second-order valence-electron chi connectivity index (χ2n) is 7.79. The third-order valence-corrected chi connectivity index (χ3v) is 6.00. The number of piperidine rings is 1. The topological polar surface area (TPSA) is 49.3 Å². The average Bonchev–Trinajstić information content (AvgIpc) is 3.12. The van der Waals surface area contributed by atoms with Gasteiger partial charge in [-0.3, -0.25) is 4.79 Å². The number of carbonyl (C=O) groups excluding carboxylic acids is 1. The lowest BCUT2D eigenvalue weighted by atomic mass is 9.92. The van der Waals surface area contributed by atoms with Crippen molar-refractivity contribution in [2.24, 2.45) is 5.92 Å². The Morgan fingerprint density at radius 3 is 2.78 bits per heavy atom. The first-order valence-corrected chi connectivity index (χ1v) is 10.1. The summed E-state index contributed by atoms with van der Waals surface area (Å²) in [7, 11) is 0. The maximum absolute atomic E-state index is 12.9. The van der Waals surface area contributed by atoms with E-state index in [4.69, 9.17) is 0 Å². The van der Waals surface area contributed by atoms with E-state index in [-0.39, 0.29) is 0 Å². The zero-order chi connectivity index (χ0) is 18.6. The number of anilines is 1. The molecule has 5 nitrogen and oxygen atoms in total. The average molecular weight is 364 g/mol. The lowest BCUT2D eigenvalue weighted by molar-refractivity contribution is -0.132. The summed E-state index contributed by atoms with van der Waals surface area (Å²) in [6.07, 6.45) is 6.46. The minimum atomic E-state index is 0.319. The van der Waals surface area contributed by atoms with Crippen LogP contribution in [0.4, 0.5) is 5.82 Å². The van der Waals surface area contributed by atoms with E-state index in [9.17, 15) is 4.79 Å². The van der Waals surface area contributed by atoms with Gasteiger partial charge in [-0.05, 0) is 44.1 Å². The monoisotopic (exact) mass is 364 g/mol. The number of likely N-dealkylation sites (tertiary alicyclic amines) is 1. The number of amides is 1. The number of aryl methyl sites for hydroxylation is 2. The van der Waals surface area contributed by atoms with Crippen molar-refractivity contribution in [2.45, 2.75) is 45.1 Å². The van der Waals surface area contributed by atoms with Crippen LogP contribution in [0.3, 0.4) is 0 Å². The first kappa shape index (κ1) is 18.0. The molecule has 2 atom stereocenters. The maximum atomic E-state index is 12.9. The van der Waals surface area contributed by atoms with Crippen LogP contribution in [-0.2, 0) is 11.2 Å².